The van der Waals surface area contributed by atoms with E-state index in [9.17, 15) is 5.11 Å². The quantitative estimate of drug-likeness (QED) is 0.699. The van der Waals surface area contributed by atoms with Crippen molar-refractivity contribution in [1.82, 2.24) is 5.32 Å². The Bertz CT molecular complexity index is 290. The molecule has 0 saturated heterocycles. The summed E-state index contributed by atoms with van der Waals surface area (Å²) in [6.07, 6.45) is 1.02. The second kappa shape index (κ2) is 8.56. The highest BCUT2D eigenvalue weighted by atomic mass is 32.2. The molecule has 0 radical (unpaired) electrons. The van der Waals surface area contributed by atoms with Crippen LogP contribution >= 0.6 is 11.8 Å². The minimum Gasteiger partial charge on any atom is -0.395 e. The summed E-state index contributed by atoms with van der Waals surface area (Å²) in [4.78, 5) is 0. The Balaban J connectivity index is 2.14. The van der Waals surface area contributed by atoms with Crippen LogP contribution in [0.15, 0.2) is 30.3 Å². The molecule has 0 bridgehead atoms. The molecule has 0 aromatic heterocycles. The van der Waals surface area contributed by atoms with Crippen LogP contribution < -0.4 is 5.32 Å². The van der Waals surface area contributed by atoms with E-state index in [2.05, 4.69) is 43.4 Å². The molecule has 0 aliphatic rings. The molecule has 0 amide bonds. The standard InChI is InChI=1S/C14H23NOS/c1-12(2)15-14(10-16)8-9-17-11-13-6-4-3-5-7-13/h3-7,12,14-16H,8-11H2,1-2H3. The van der Waals surface area contributed by atoms with Crippen molar-refractivity contribution in [3.05, 3.63) is 35.9 Å². The fourth-order valence-corrected chi connectivity index (χ4v) is 2.71. The number of aliphatic hydroxyl groups is 1. The lowest BCUT2D eigenvalue weighted by atomic mass is 10.2. The van der Waals surface area contributed by atoms with Gasteiger partial charge in [0.05, 0.1) is 6.61 Å². The Morgan fingerprint density at radius 3 is 2.53 bits per heavy atom. The predicted octanol–water partition coefficient (Wildman–Crippen LogP) is 2.67. The van der Waals surface area contributed by atoms with Crippen LogP contribution in [-0.2, 0) is 5.75 Å². The highest BCUT2D eigenvalue weighted by molar-refractivity contribution is 7.98. The van der Waals surface area contributed by atoms with Gasteiger partial charge < -0.3 is 10.4 Å². The van der Waals surface area contributed by atoms with Gasteiger partial charge in [-0.15, -0.1) is 0 Å². The number of rotatable bonds is 8. The van der Waals surface area contributed by atoms with Crippen molar-refractivity contribution in [3.63, 3.8) is 0 Å². The summed E-state index contributed by atoms with van der Waals surface area (Å²) in [5.74, 6) is 2.14. The average molecular weight is 253 g/mol. The van der Waals surface area contributed by atoms with E-state index in [0.29, 0.717) is 6.04 Å². The number of aliphatic hydroxyl groups excluding tert-OH is 1. The van der Waals surface area contributed by atoms with Crippen molar-refractivity contribution in [3.8, 4) is 0 Å². The number of hydrogen-bond acceptors (Lipinski definition) is 3. The van der Waals surface area contributed by atoms with Gasteiger partial charge in [-0.2, -0.15) is 11.8 Å². The van der Waals surface area contributed by atoms with Crippen molar-refractivity contribution in [2.24, 2.45) is 0 Å². The van der Waals surface area contributed by atoms with Gasteiger partial charge in [0.2, 0.25) is 0 Å². The monoisotopic (exact) mass is 253 g/mol. The molecule has 1 aromatic carbocycles. The van der Waals surface area contributed by atoms with Gasteiger partial charge >= 0.3 is 0 Å². The summed E-state index contributed by atoms with van der Waals surface area (Å²) in [5, 5.41) is 12.6. The van der Waals surface area contributed by atoms with Crippen molar-refractivity contribution in [2.45, 2.75) is 38.1 Å². The Kier molecular flexibility index (Phi) is 7.33. The van der Waals surface area contributed by atoms with E-state index in [-0.39, 0.29) is 12.6 Å². The van der Waals surface area contributed by atoms with Crippen LogP contribution in [0.2, 0.25) is 0 Å². The number of thioether (sulfide) groups is 1. The van der Waals surface area contributed by atoms with E-state index in [4.69, 9.17) is 0 Å². The van der Waals surface area contributed by atoms with Crippen LogP contribution in [0, 0.1) is 0 Å². The first kappa shape index (κ1) is 14.6. The van der Waals surface area contributed by atoms with Gasteiger partial charge in [-0.05, 0) is 17.7 Å². The van der Waals surface area contributed by atoms with Gasteiger partial charge in [0.1, 0.15) is 0 Å². The summed E-state index contributed by atoms with van der Waals surface area (Å²) in [6.45, 7) is 4.45. The summed E-state index contributed by atoms with van der Waals surface area (Å²) in [5.41, 5.74) is 1.37. The van der Waals surface area contributed by atoms with Crippen LogP contribution in [-0.4, -0.2) is 29.5 Å². The smallest absolute Gasteiger partial charge is 0.0585 e. The number of benzene rings is 1. The van der Waals surface area contributed by atoms with Gasteiger partial charge in [-0.25, -0.2) is 0 Å². The van der Waals surface area contributed by atoms with Crippen molar-refractivity contribution in [2.75, 3.05) is 12.4 Å². The lowest BCUT2D eigenvalue weighted by molar-refractivity contribution is 0.232. The van der Waals surface area contributed by atoms with E-state index >= 15 is 0 Å². The molecule has 3 heteroatoms. The van der Waals surface area contributed by atoms with Crippen LogP contribution in [0.4, 0.5) is 0 Å². The first-order chi connectivity index (χ1) is 8.22. The van der Waals surface area contributed by atoms with Crippen LogP contribution in [0.3, 0.4) is 0 Å². The molecule has 0 aliphatic heterocycles. The minimum absolute atomic E-state index is 0.226. The molecular formula is C14H23NOS. The molecule has 1 atom stereocenters. The van der Waals surface area contributed by atoms with Crippen LogP contribution in [0.1, 0.15) is 25.8 Å². The molecule has 17 heavy (non-hydrogen) atoms. The third-order valence-corrected chi connectivity index (χ3v) is 3.57. The Hall–Kier alpha value is -0.510. The molecule has 2 nitrogen and oxygen atoms in total. The van der Waals surface area contributed by atoms with Gasteiger partial charge in [0.25, 0.3) is 0 Å². The fraction of sp³-hybridized carbons (Fsp3) is 0.571. The SMILES string of the molecule is CC(C)NC(CO)CCSCc1ccccc1. The number of hydrogen-bond donors (Lipinski definition) is 2. The van der Waals surface area contributed by atoms with Crippen LogP contribution in [0.5, 0.6) is 0 Å². The molecule has 0 spiro atoms. The summed E-state index contributed by atoms with van der Waals surface area (Å²) in [7, 11) is 0. The molecular weight excluding hydrogens is 230 g/mol. The number of nitrogens with one attached hydrogen (secondary N) is 1. The lowest BCUT2D eigenvalue weighted by Crippen LogP contribution is -2.37. The van der Waals surface area contributed by atoms with E-state index in [1.165, 1.54) is 5.56 Å². The van der Waals surface area contributed by atoms with E-state index < -0.39 is 0 Å². The topological polar surface area (TPSA) is 32.3 Å². The van der Waals surface area contributed by atoms with E-state index in [1.54, 1.807) is 0 Å². The maximum Gasteiger partial charge on any atom is 0.0585 e. The molecule has 0 heterocycles. The predicted molar refractivity (Wildman–Crippen MR) is 76.4 cm³/mol. The molecule has 0 fully saturated rings. The second-order valence-electron chi connectivity index (χ2n) is 4.53. The largest absolute Gasteiger partial charge is 0.395 e. The molecule has 1 rings (SSSR count). The normalized spacial score (nSPS) is 12.9. The fourth-order valence-electron chi connectivity index (χ4n) is 1.69. The average Bonchev–Trinajstić information content (AvgIpc) is 2.34. The zero-order valence-electron chi connectivity index (χ0n) is 10.7. The van der Waals surface area contributed by atoms with Crippen molar-refractivity contribution < 1.29 is 5.11 Å². The molecule has 1 unspecified atom stereocenters. The molecule has 96 valence electrons. The van der Waals surface area contributed by atoms with Crippen molar-refractivity contribution >= 4 is 11.8 Å². The highest BCUT2D eigenvalue weighted by Gasteiger charge is 2.07. The molecule has 0 aliphatic carbocycles. The van der Waals surface area contributed by atoms with Gasteiger partial charge in [-0.3, -0.25) is 0 Å². The minimum atomic E-state index is 0.226. The molecule has 1 aromatic rings. The van der Waals surface area contributed by atoms with E-state index in [1.807, 2.05) is 17.8 Å². The van der Waals surface area contributed by atoms with Gasteiger partial charge in [-0.1, -0.05) is 44.2 Å². The second-order valence-corrected chi connectivity index (χ2v) is 5.63. The lowest BCUT2D eigenvalue weighted by Gasteiger charge is -2.18. The maximum absolute atomic E-state index is 9.22. The third kappa shape index (κ3) is 6.71. The Labute approximate surface area is 109 Å². The van der Waals surface area contributed by atoms with E-state index in [0.717, 1.165) is 17.9 Å². The summed E-state index contributed by atoms with van der Waals surface area (Å²) < 4.78 is 0. The maximum atomic E-state index is 9.22. The van der Waals surface area contributed by atoms with Crippen molar-refractivity contribution in [1.29, 1.82) is 0 Å². The first-order valence-electron chi connectivity index (χ1n) is 6.21. The Morgan fingerprint density at radius 2 is 1.94 bits per heavy atom. The Morgan fingerprint density at radius 1 is 1.24 bits per heavy atom. The summed E-state index contributed by atoms with van der Waals surface area (Å²) in [6, 6.07) is 11.2. The zero-order chi connectivity index (χ0) is 12.5. The zero-order valence-corrected chi connectivity index (χ0v) is 11.5. The summed E-state index contributed by atoms with van der Waals surface area (Å²) >= 11 is 1.93. The highest BCUT2D eigenvalue weighted by Crippen LogP contribution is 2.13. The van der Waals surface area contributed by atoms with Gasteiger partial charge in [0, 0.05) is 17.8 Å². The molecule has 2 N–H and O–H groups in total. The first-order valence-corrected chi connectivity index (χ1v) is 7.36. The van der Waals surface area contributed by atoms with Crippen LogP contribution in [0.25, 0.3) is 0 Å². The molecule has 0 saturated carbocycles. The third-order valence-electron chi connectivity index (χ3n) is 2.51. The van der Waals surface area contributed by atoms with Gasteiger partial charge in [0.15, 0.2) is 0 Å².